The molecule has 6 N–H and O–H groups in total. The van der Waals surface area contributed by atoms with Crippen molar-refractivity contribution >= 4 is 29.6 Å². The van der Waals surface area contributed by atoms with Crippen LogP contribution in [0.4, 0.5) is 10.6 Å². The lowest BCUT2D eigenvalue weighted by Crippen LogP contribution is -2.51. The first-order valence-electron chi connectivity index (χ1n) is 16.5. The Morgan fingerprint density at radius 2 is 1.65 bits per heavy atom. The molecule has 0 bridgehead atoms. The molecule has 17 nitrogen and oxygen atoms in total. The van der Waals surface area contributed by atoms with Gasteiger partial charge in [0.05, 0.1) is 32.5 Å². The van der Waals surface area contributed by atoms with Crippen molar-refractivity contribution < 1.29 is 38.9 Å². The fraction of sp³-hybridized carbons (Fsp3) is 0.562. The molecule has 0 unspecified atom stereocenters. The standard InChI is InChI=1S/C32H47N9O8/c42-26(21-40-8-5-24-3-1-2-4-25(24)20-40)18-36-31(45)27-17-28(38-23-37-27)35-19-29(43)33-6-9-39-10-12-41(13-11-39)30(44)22-49-16-15-48-14-7-34-32(46)47/h1-4,17,23,26,34,42H,5-16,18-22H2,(H,33,43)(H,36,45)(H,46,47)(H,35,37,38)/t26-/m0/s1. The molecule has 1 aromatic carbocycles. The average Bonchev–Trinajstić information content (AvgIpc) is 3.11. The number of hydrogen-bond donors (Lipinski definition) is 6. The van der Waals surface area contributed by atoms with Crippen molar-refractivity contribution in [3.63, 3.8) is 0 Å². The van der Waals surface area contributed by atoms with Crippen molar-refractivity contribution in [2.45, 2.75) is 19.1 Å². The van der Waals surface area contributed by atoms with E-state index in [2.05, 4.69) is 53.2 Å². The van der Waals surface area contributed by atoms with Crippen LogP contribution in [0, 0.1) is 0 Å². The summed E-state index contributed by atoms with van der Waals surface area (Å²) in [4.78, 5) is 62.0. The zero-order valence-electron chi connectivity index (χ0n) is 27.6. The van der Waals surface area contributed by atoms with Gasteiger partial charge in [-0.1, -0.05) is 24.3 Å². The summed E-state index contributed by atoms with van der Waals surface area (Å²) in [6.07, 6.45) is 0.337. The third-order valence-corrected chi connectivity index (χ3v) is 8.10. The Kier molecular flexibility index (Phi) is 15.4. The number of carbonyl (C=O) groups excluding carboxylic acids is 3. The third kappa shape index (κ3) is 13.5. The monoisotopic (exact) mass is 685 g/mol. The van der Waals surface area contributed by atoms with Gasteiger partial charge in [-0.25, -0.2) is 14.8 Å². The summed E-state index contributed by atoms with van der Waals surface area (Å²) in [5.74, 6) is -0.454. The van der Waals surface area contributed by atoms with E-state index < -0.39 is 18.1 Å². The molecule has 2 aliphatic rings. The predicted octanol–water partition coefficient (Wildman–Crippen LogP) is -1.40. The van der Waals surface area contributed by atoms with Gasteiger partial charge in [-0.15, -0.1) is 0 Å². The molecular formula is C32H47N9O8. The van der Waals surface area contributed by atoms with Gasteiger partial charge in [-0.05, 0) is 17.5 Å². The molecule has 1 atom stereocenters. The molecule has 3 heterocycles. The molecule has 1 aromatic heterocycles. The number of hydrogen-bond acceptors (Lipinski definition) is 12. The highest BCUT2D eigenvalue weighted by Gasteiger charge is 2.22. The minimum atomic E-state index is -1.11. The average molecular weight is 686 g/mol. The summed E-state index contributed by atoms with van der Waals surface area (Å²) in [6.45, 7) is 6.53. The number of ether oxygens (including phenoxy) is 2. The number of fused-ring (bicyclic) bond motifs is 1. The van der Waals surface area contributed by atoms with Crippen LogP contribution in [0.5, 0.6) is 0 Å². The van der Waals surface area contributed by atoms with Crippen LogP contribution in [-0.2, 0) is 32.0 Å². The van der Waals surface area contributed by atoms with Gasteiger partial charge >= 0.3 is 6.09 Å². The van der Waals surface area contributed by atoms with E-state index >= 15 is 0 Å². The second kappa shape index (κ2) is 20.2. The first-order valence-corrected chi connectivity index (χ1v) is 16.5. The third-order valence-electron chi connectivity index (χ3n) is 8.10. The number of benzene rings is 1. The van der Waals surface area contributed by atoms with Gasteiger partial charge in [0.15, 0.2) is 0 Å². The Morgan fingerprint density at radius 1 is 0.878 bits per heavy atom. The lowest BCUT2D eigenvalue weighted by atomic mass is 10.00. The highest BCUT2D eigenvalue weighted by molar-refractivity contribution is 5.93. The predicted molar refractivity (Wildman–Crippen MR) is 178 cm³/mol. The van der Waals surface area contributed by atoms with Gasteiger partial charge in [-0.2, -0.15) is 0 Å². The van der Waals surface area contributed by atoms with Crippen LogP contribution in [0.25, 0.3) is 0 Å². The summed E-state index contributed by atoms with van der Waals surface area (Å²) in [5.41, 5.74) is 2.72. The van der Waals surface area contributed by atoms with Crippen molar-refractivity contribution in [2.75, 3.05) is 104 Å². The molecule has 4 amide bonds. The Labute approximate surface area is 285 Å². The first kappa shape index (κ1) is 37.4. The molecule has 0 aliphatic carbocycles. The summed E-state index contributed by atoms with van der Waals surface area (Å²) < 4.78 is 10.6. The van der Waals surface area contributed by atoms with E-state index in [0.717, 1.165) is 19.5 Å². The topological polar surface area (TPSA) is 211 Å². The fourth-order valence-corrected chi connectivity index (χ4v) is 5.46. The second-order valence-electron chi connectivity index (χ2n) is 11.7. The van der Waals surface area contributed by atoms with Crippen LogP contribution >= 0.6 is 0 Å². The molecule has 0 saturated carbocycles. The fourth-order valence-electron chi connectivity index (χ4n) is 5.46. The van der Waals surface area contributed by atoms with E-state index in [1.54, 1.807) is 4.90 Å². The molecule has 2 aromatic rings. The SMILES string of the molecule is O=C(O)NCCOCCOCC(=O)N1CCN(CCNC(=O)CNc2cc(C(=O)NC[C@H](O)CN3CCc4ccccc4C3)ncn2)CC1. The smallest absolute Gasteiger partial charge is 0.404 e. The van der Waals surface area contributed by atoms with Crippen molar-refractivity contribution in [3.8, 4) is 0 Å². The Bertz CT molecular complexity index is 1380. The minimum absolute atomic E-state index is 0.0394. The van der Waals surface area contributed by atoms with Crippen molar-refractivity contribution in [3.05, 3.63) is 53.5 Å². The summed E-state index contributed by atoms with van der Waals surface area (Å²) in [6, 6.07) is 9.75. The Morgan fingerprint density at radius 3 is 2.45 bits per heavy atom. The van der Waals surface area contributed by atoms with E-state index in [1.165, 1.54) is 23.5 Å². The highest BCUT2D eigenvalue weighted by Crippen LogP contribution is 2.18. The number of carbonyl (C=O) groups is 4. The number of β-amino-alcohol motifs (C(OH)–C–C–N with tert-alkyl or cyclic N) is 1. The molecule has 0 spiro atoms. The number of nitrogens with one attached hydrogen (secondary N) is 4. The molecule has 268 valence electrons. The van der Waals surface area contributed by atoms with Gasteiger partial charge in [-0.3, -0.25) is 24.2 Å². The Balaban J connectivity index is 1.03. The van der Waals surface area contributed by atoms with Gasteiger partial charge in [0, 0.05) is 78.1 Å². The Hall–Kier alpha value is -4.42. The molecule has 1 fully saturated rings. The number of anilines is 1. The van der Waals surface area contributed by atoms with Gasteiger partial charge in [0.25, 0.3) is 5.91 Å². The second-order valence-corrected chi connectivity index (χ2v) is 11.7. The molecule has 17 heteroatoms. The lowest BCUT2D eigenvalue weighted by Gasteiger charge is -2.34. The number of piperazine rings is 1. The number of aliphatic hydroxyl groups is 1. The maximum absolute atomic E-state index is 12.7. The normalized spacial score (nSPS) is 15.6. The van der Waals surface area contributed by atoms with E-state index in [0.29, 0.717) is 51.6 Å². The first-order chi connectivity index (χ1) is 23.8. The number of carboxylic acid groups (broad SMARTS) is 1. The molecule has 2 aliphatic heterocycles. The zero-order valence-corrected chi connectivity index (χ0v) is 27.6. The minimum Gasteiger partial charge on any atom is -0.465 e. The van der Waals surface area contributed by atoms with Gasteiger partial charge in [0.1, 0.15) is 24.4 Å². The lowest BCUT2D eigenvalue weighted by molar-refractivity contribution is -0.138. The number of nitrogens with zero attached hydrogens (tertiary/aromatic N) is 5. The van der Waals surface area contributed by atoms with E-state index in [-0.39, 0.29) is 63.6 Å². The van der Waals surface area contributed by atoms with Gasteiger partial charge in [0.2, 0.25) is 11.8 Å². The van der Waals surface area contributed by atoms with Crippen LogP contribution in [0.1, 0.15) is 21.6 Å². The van der Waals surface area contributed by atoms with Crippen molar-refractivity contribution in [1.82, 2.24) is 40.6 Å². The number of rotatable bonds is 19. The maximum atomic E-state index is 12.7. The highest BCUT2D eigenvalue weighted by atomic mass is 16.5. The molecule has 49 heavy (non-hydrogen) atoms. The van der Waals surface area contributed by atoms with E-state index in [9.17, 15) is 24.3 Å². The summed E-state index contributed by atoms with van der Waals surface area (Å²) in [7, 11) is 0. The van der Waals surface area contributed by atoms with E-state index in [1.807, 2.05) is 12.1 Å². The molecule has 1 saturated heterocycles. The van der Waals surface area contributed by atoms with Crippen LogP contribution in [0.15, 0.2) is 36.7 Å². The molecule has 4 rings (SSSR count). The van der Waals surface area contributed by atoms with Crippen LogP contribution in [-0.4, -0.2) is 163 Å². The molecule has 0 radical (unpaired) electrons. The van der Waals surface area contributed by atoms with Crippen LogP contribution < -0.4 is 21.3 Å². The summed E-state index contributed by atoms with van der Waals surface area (Å²) >= 11 is 0. The molecular weight excluding hydrogens is 638 g/mol. The van der Waals surface area contributed by atoms with Crippen molar-refractivity contribution in [2.24, 2.45) is 0 Å². The number of aliphatic hydroxyl groups excluding tert-OH is 1. The zero-order chi connectivity index (χ0) is 34.8. The van der Waals surface area contributed by atoms with Crippen LogP contribution in [0.3, 0.4) is 0 Å². The van der Waals surface area contributed by atoms with Crippen molar-refractivity contribution in [1.29, 1.82) is 0 Å². The maximum Gasteiger partial charge on any atom is 0.404 e. The largest absolute Gasteiger partial charge is 0.465 e. The summed E-state index contributed by atoms with van der Waals surface area (Å²) in [5, 5.41) is 29.7. The van der Waals surface area contributed by atoms with Crippen LogP contribution in [0.2, 0.25) is 0 Å². The van der Waals surface area contributed by atoms with Gasteiger partial charge < -0.3 is 45.9 Å². The number of aromatic nitrogens is 2. The van der Waals surface area contributed by atoms with E-state index in [4.69, 9.17) is 14.6 Å². The number of amides is 4. The quantitative estimate of drug-likeness (QED) is 0.0941.